The Bertz CT molecular complexity index is 437. The molecule has 162 valence electrons. The number of carbonyl (C=O) groups is 3. The van der Waals surface area contributed by atoms with Crippen molar-refractivity contribution in [3.8, 4) is 0 Å². The molecule has 27 heavy (non-hydrogen) atoms. The molecule has 0 atom stereocenters. The molecule has 0 rings (SSSR count). The molecule has 0 aromatic heterocycles. The van der Waals surface area contributed by atoms with Gasteiger partial charge in [0.1, 0.15) is 5.78 Å². The minimum absolute atomic E-state index is 0. The van der Waals surface area contributed by atoms with E-state index in [-0.39, 0.29) is 38.9 Å². The Balaban J connectivity index is -0.00000338. The van der Waals surface area contributed by atoms with Crippen LogP contribution in [0.5, 0.6) is 0 Å². The second kappa shape index (κ2) is 16.6. The van der Waals surface area contributed by atoms with Crippen molar-refractivity contribution in [2.45, 2.75) is 53.1 Å². The highest BCUT2D eigenvalue weighted by Crippen LogP contribution is 1.98. The third-order valence-corrected chi connectivity index (χ3v) is 3.53. The van der Waals surface area contributed by atoms with Crippen molar-refractivity contribution < 1.29 is 31.4 Å². The van der Waals surface area contributed by atoms with Crippen molar-refractivity contribution in [1.82, 2.24) is 10.6 Å². The van der Waals surface area contributed by atoms with Crippen LogP contribution < -0.4 is 10.6 Å². The molecule has 0 aliphatic heterocycles. The predicted molar refractivity (Wildman–Crippen MR) is 107 cm³/mol. The molecule has 0 aromatic rings. The molecule has 0 spiro atoms. The molecule has 0 heterocycles. The monoisotopic (exact) mass is 392 g/mol. The number of carbonyl (C=O) groups excluding carboxylic acids is 3. The Morgan fingerprint density at radius 2 is 1.22 bits per heavy atom. The zero-order chi connectivity index (χ0) is 20.5. The van der Waals surface area contributed by atoms with Gasteiger partial charge in [0.25, 0.3) is 0 Å². The van der Waals surface area contributed by atoms with Crippen LogP contribution in [-0.2, 0) is 28.6 Å². The van der Waals surface area contributed by atoms with Gasteiger partial charge < -0.3 is 24.8 Å². The van der Waals surface area contributed by atoms with Gasteiger partial charge in [0, 0.05) is 41.1 Å². The van der Waals surface area contributed by atoms with Crippen molar-refractivity contribution in [1.29, 1.82) is 0 Å². The van der Waals surface area contributed by atoms with Gasteiger partial charge in [-0.05, 0) is 13.8 Å². The highest BCUT2D eigenvalue weighted by atomic mass is 16.5. The average molecular weight is 393 g/mol. The van der Waals surface area contributed by atoms with Crippen LogP contribution in [0.1, 0.15) is 49.8 Å². The van der Waals surface area contributed by atoms with Crippen LogP contribution in [0.2, 0.25) is 0 Å². The standard InChI is InChI=1S/C19H36N2O6.2H2/c1-15(2)17(22)5-10-25-13-8-20-18(23)6-11-26-14-9-21-19(24)7-12-27-16(3)4;;/h15-16H,5-14H2,1-4H3,(H,20,23)(H,21,24);2*1H. The van der Waals surface area contributed by atoms with Crippen LogP contribution in [0, 0.1) is 5.92 Å². The van der Waals surface area contributed by atoms with E-state index in [1.807, 2.05) is 27.7 Å². The number of nitrogens with one attached hydrogen (secondary N) is 2. The third kappa shape index (κ3) is 17.7. The molecule has 0 radical (unpaired) electrons. The minimum Gasteiger partial charge on any atom is -0.379 e. The third-order valence-electron chi connectivity index (χ3n) is 3.53. The first-order valence-corrected chi connectivity index (χ1v) is 9.66. The zero-order valence-electron chi connectivity index (χ0n) is 17.2. The lowest BCUT2D eigenvalue weighted by Crippen LogP contribution is -2.30. The van der Waals surface area contributed by atoms with Gasteiger partial charge in [-0.3, -0.25) is 14.4 Å². The number of hydrogen-bond donors (Lipinski definition) is 2. The van der Waals surface area contributed by atoms with Crippen LogP contribution in [0.3, 0.4) is 0 Å². The summed E-state index contributed by atoms with van der Waals surface area (Å²) in [4.78, 5) is 34.5. The maximum Gasteiger partial charge on any atom is 0.222 e. The number of ketones is 1. The molecule has 0 saturated carbocycles. The molecular formula is C19H40N2O6. The summed E-state index contributed by atoms with van der Waals surface area (Å²) in [6.45, 7) is 10.2. The maximum absolute atomic E-state index is 11.6. The van der Waals surface area contributed by atoms with Gasteiger partial charge >= 0.3 is 0 Å². The quantitative estimate of drug-likeness (QED) is 0.364. The lowest BCUT2D eigenvalue weighted by molar-refractivity contribution is -0.124. The van der Waals surface area contributed by atoms with Crippen LogP contribution in [0.15, 0.2) is 0 Å². The van der Waals surface area contributed by atoms with E-state index in [9.17, 15) is 14.4 Å². The fourth-order valence-corrected chi connectivity index (χ4v) is 1.92. The van der Waals surface area contributed by atoms with Crippen LogP contribution >= 0.6 is 0 Å². The molecule has 8 nitrogen and oxygen atoms in total. The smallest absolute Gasteiger partial charge is 0.222 e. The van der Waals surface area contributed by atoms with Crippen molar-refractivity contribution >= 4 is 17.6 Å². The molecule has 0 aromatic carbocycles. The average Bonchev–Trinajstić information content (AvgIpc) is 2.60. The van der Waals surface area contributed by atoms with Crippen molar-refractivity contribution in [2.75, 3.05) is 46.1 Å². The molecular weight excluding hydrogens is 352 g/mol. The summed E-state index contributed by atoms with van der Waals surface area (Å²) in [7, 11) is 0. The van der Waals surface area contributed by atoms with E-state index >= 15 is 0 Å². The van der Waals surface area contributed by atoms with Crippen molar-refractivity contribution in [3.63, 3.8) is 0 Å². The Labute approximate surface area is 165 Å². The maximum atomic E-state index is 11.6. The summed E-state index contributed by atoms with van der Waals surface area (Å²) in [5.41, 5.74) is 0. The van der Waals surface area contributed by atoms with Crippen LogP contribution in [0.25, 0.3) is 0 Å². The fourth-order valence-electron chi connectivity index (χ4n) is 1.92. The molecule has 0 saturated heterocycles. The van der Waals surface area contributed by atoms with E-state index in [4.69, 9.17) is 14.2 Å². The summed E-state index contributed by atoms with van der Waals surface area (Å²) in [5.74, 6) is 0.00981. The van der Waals surface area contributed by atoms with E-state index in [2.05, 4.69) is 10.6 Å². The largest absolute Gasteiger partial charge is 0.379 e. The summed E-state index contributed by atoms with van der Waals surface area (Å²) in [6, 6.07) is 0. The molecule has 8 heteroatoms. The second-order valence-electron chi connectivity index (χ2n) is 6.72. The van der Waals surface area contributed by atoms with E-state index in [0.717, 1.165) is 0 Å². The number of rotatable bonds is 17. The highest BCUT2D eigenvalue weighted by Gasteiger charge is 2.06. The first-order chi connectivity index (χ1) is 12.8. The fraction of sp³-hybridized carbons (Fsp3) is 0.842. The Morgan fingerprint density at radius 1 is 0.741 bits per heavy atom. The Hall–Kier alpha value is -1.51. The lowest BCUT2D eigenvalue weighted by atomic mass is 10.1. The van der Waals surface area contributed by atoms with Crippen LogP contribution in [0.4, 0.5) is 0 Å². The van der Waals surface area contributed by atoms with E-state index < -0.39 is 0 Å². The number of amides is 2. The Kier molecular flexibility index (Phi) is 15.7. The lowest BCUT2D eigenvalue weighted by Gasteiger charge is -2.09. The molecule has 2 N–H and O–H groups in total. The minimum atomic E-state index is -0.119. The molecule has 0 aliphatic carbocycles. The van der Waals surface area contributed by atoms with Gasteiger partial charge in [-0.15, -0.1) is 0 Å². The number of ether oxygens (including phenoxy) is 3. The summed E-state index contributed by atoms with van der Waals surface area (Å²) in [5, 5.41) is 5.45. The van der Waals surface area contributed by atoms with Gasteiger partial charge in [-0.1, -0.05) is 13.8 Å². The molecule has 2 amide bonds. The first kappa shape index (κ1) is 25.5. The van der Waals surface area contributed by atoms with Gasteiger partial charge in [0.05, 0.1) is 39.1 Å². The van der Waals surface area contributed by atoms with E-state index in [1.54, 1.807) is 0 Å². The highest BCUT2D eigenvalue weighted by molar-refractivity contribution is 5.80. The SMILES string of the molecule is CC(C)OCCC(=O)NCCOCCC(=O)NCCOCCC(=O)C(C)C.[HH].[HH]. The van der Waals surface area contributed by atoms with Gasteiger partial charge in [0.2, 0.25) is 11.8 Å². The summed E-state index contributed by atoms with van der Waals surface area (Å²) in [6.07, 6.45) is 1.10. The van der Waals surface area contributed by atoms with E-state index in [0.29, 0.717) is 59.0 Å². The normalized spacial score (nSPS) is 11.0. The van der Waals surface area contributed by atoms with E-state index in [1.165, 1.54) is 0 Å². The first-order valence-electron chi connectivity index (χ1n) is 9.66. The number of hydrogen-bond acceptors (Lipinski definition) is 6. The number of Topliss-reactive ketones (excluding diaryl/α,β-unsaturated/α-hetero) is 1. The molecule has 0 bridgehead atoms. The predicted octanol–water partition coefficient (Wildman–Crippen LogP) is 1.56. The molecule has 0 fully saturated rings. The van der Waals surface area contributed by atoms with Gasteiger partial charge in [-0.25, -0.2) is 0 Å². The Morgan fingerprint density at radius 3 is 1.70 bits per heavy atom. The summed E-state index contributed by atoms with van der Waals surface area (Å²) >= 11 is 0. The van der Waals surface area contributed by atoms with Gasteiger partial charge in [-0.2, -0.15) is 0 Å². The van der Waals surface area contributed by atoms with Crippen molar-refractivity contribution in [2.24, 2.45) is 5.92 Å². The zero-order valence-corrected chi connectivity index (χ0v) is 17.2. The molecule has 0 aliphatic rings. The summed E-state index contributed by atoms with van der Waals surface area (Å²) < 4.78 is 15.9. The second-order valence-corrected chi connectivity index (χ2v) is 6.72. The van der Waals surface area contributed by atoms with Gasteiger partial charge in [0.15, 0.2) is 0 Å². The topological polar surface area (TPSA) is 103 Å². The van der Waals surface area contributed by atoms with Crippen LogP contribution in [-0.4, -0.2) is 69.8 Å². The van der Waals surface area contributed by atoms with Crippen molar-refractivity contribution in [3.05, 3.63) is 0 Å². The molecule has 0 unspecified atom stereocenters.